The van der Waals surface area contributed by atoms with E-state index in [1.165, 1.54) is 0 Å². The van der Waals surface area contributed by atoms with Crippen molar-refractivity contribution in [1.82, 2.24) is 0 Å². The standard InChI is InChI=1S/C23H40O2P4/c1-4-6-7-8-13-16-20-23(25-29(27)28)21(3)18-14-11-9-10-12-15-19-22(24-26)17-5-2/h6-7,9-16,18-19,21-23H,4-5,8,17,20,26-28H2,1-3H3. The highest BCUT2D eigenvalue weighted by Gasteiger charge is 2.15. The van der Waals surface area contributed by atoms with Gasteiger partial charge in [-0.15, -0.1) is 0 Å². The summed E-state index contributed by atoms with van der Waals surface area (Å²) in [6.45, 7) is 6.53. The number of rotatable bonds is 16. The smallest absolute Gasteiger partial charge is 0.0794 e. The zero-order valence-corrected chi connectivity index (χ0v) is 22.6. The van der Waals surface area contributed by atoms with Gasteiger partial charge in [-0.1, -0.05) is 118 Å². The van der Waals surface area contributed by atoms with Crippen LogP contribution in [-0.2, 0) is 9.05 Å². The van der Waals surface area contributed by atoms with Crippen LogP contribution in [0, 0.1) is 5.92 Å². The SMILES string of the molecule is CCC=CCC=CCC(OP(P)P)C(C)C=CC=CC=CC=CC(CCC)OP. The number of hydrogen-bond acceptors (Lipinski definition) is 2. The third-order valence-electron chi connectivity index (χ3n) is 4.10. The molecule has 0 spiro atoms. The van der Waals surface area contributed by atoms with Gasteiger partial charge >= 0.3 is 0 Å². The van der Waals surface area contributed by atoms with Gasteiger partial charge in [-0.3, -0.25) is 0 Å². The topological polar surface area (TPSA) is 18.5 Å². The Kier molecular flexibility index (Phi) is 21.4. The highest BCUT2D eigenvalue weighted by molar-refractivity contribution is 8.41. The summed E-state index contributed by atoms with van der Waals surface area (Å²) >= 11 is 0. The second-order valence-electron chi connectivity index (χ2n) is 6.69. The van der Waals surface area contributed by atoms with Gasteiger partial charge < -0.3 is 9.05 Å². The van der Waals surface area contributed by atoms with Crippen molar-refractivity contribution in [2.24, 2.45) is 5.92 Å². The fraction of sp³-hybridized carbons (Fsp3) is 0.478. The lowest BCUT2D eigenvalue weighted by molar-refractivity contribution is 0.196. The van der Waals surface area contributed by atoms with Crippen molar-refractivity contribution < 1.29 is 9.05 Å². The molecule has 6 heteroatoms. The Hall–Kier alpha value is 0.0800. The fourth-order valence-corrected chi connectivity index (χ4v) is 4.24. The maximum absolute atomic E-state index is 6.11. The van der Waals surface area contributed by atoms with E-state index in [2.05, 4.69) is 96.7 Å². The molecule has 0 aromatic carbocycles. The minimum Gasteiger partial charge on any atom is -0.358 e. The first-order valence-corrected chi connectivity index (χ1v) is 15.3. The first kappa shape index (κ1) is 29.1. The Morgan fingerprint density at radius 3 is 2.07 bits per heavy atom. The molecule has 0 radical (unpaired) electrons. The van der Waals surface area contributed by atoms with Crippen molar-refractivity contribution >= 4 is 34.8 Å². The van der Waals surface area contributed by atoms with Gasteiger partial charge in [0, 0.05) is 15.4 Å². The van der Waals surface area contributed by atoms with Crippen LogP contribution < -0.4 is 0 Å². The zero-order chi connectivity index (χ0) is 21.7. The summed E-state index contributed by atoms with van der Waals surface area (Å²) in [5.74, 6) is 0.347. The van der Waals surface area contributed by atoms with Crippen LogP contribution in [-0.4, -0.2) is 12.2 Å². The van der Waals surface area contributed by atoms with Crippen molar-refractivity contribution in [3.63, 3.8) is 0 Å². The summed E-state index contributed by atoms with van der Waals surface area (Å²) in [7, 11) is 7.31. The molecule has 29 heavy (non-hydrogen) atoms. The largest absolute Gasteiger partial charge is 0.358 e. The first-order valence-electron chi connectivity index (χ1n) is 10.3. The van der Waals surface area contributed by atoms with Crippen molar-refractivity contribution in [1.29, 1.82) is 0 Å². The second-order valence-corrected chi connectivity index (χ2v) is 12.7. The van der Waals surface area contributed by atoms with Gasteiger partial charge in [0.1, 0.15) is 0 Å². The van der Waals surface area contributed by atoms with Crippen LogP contribution >= 0.6 is 34.8 Å². The molecule has 0 aromatic heterocycles. The van der Waals surface area contributed by atoms with Crippen molar-refractivity contribution in [3.05, 3.63) is 72.9 Å². The summed E-state index contributed by atoms with van der Waals surface area (Å²) in [6.07, 6.45) is 31.0. The molecular weight excluding hydrogens is 432 g/mol. The highest BCUT2D eigenvalue weighted by Crippen LogP contribution is 2.55. The molecular formula is C23H40O2P4. The van der Waals surface area contributed by atoms with E-state index in [1.54, 1.807) is 0 Å². The lowest BCUT2D eigenvalue weighted by Crippen LogP contribution is -2.16. The lowest BCUT2D eigenvalue weighted by Gasteiger charge is -2.22. The minimum atomic E-state index is -0.538. The predicted octanol–water partition coefficient (Wildman–Crippen LogP) is 8.49. The van der Waals surface area contributed by atoms with E-state index in [0.29, 0.717) is 5.92 Å². The summed E-state index contributed by atoms with van der Waals surface area (Å²) in [5, 5.41) is 0. The van der Waals surface area contributed by atoms with E-state index >= 15 is 0 Å². The Bertz CT molecular complexity index is 551. The van der Waals surface area contributed by atoms with E-state index < -0.39 is 7.53 Å². The number of hydrogen-bond donors (Lipinski definition) is 0. The van der Waals surface area contributed by atoms with E-state index in [1.807, 2.05) is 24.3 Å². The minimum absolute atomic E-state index is 0.173. The van der Waals surface area contributed by atoms with Gasteiger partial charge in [0.2, 0.25) is 0 Å². The zero-order valence-electron chi connectivity index (χ0n) is 18.2. The average Bonchev–Trinajstić information content (AvgIpc) is 2.70. The van der Waals surface area contributed by atoms with Crippen LogP contribution in [0.4, 0.5) is 0 Å². The monoisotopic (exact) mass is 472 g/mol. The maximum Gasteiger partial charge on any atom is 0.0794 e. The molecule has 0 amide bonds. The molecule has 6 unspecified atom stereocenters. The molecule has 0 heterocycles. The van der Waals surface area contributed by atoms with E-state index in [-0.39, 0.29) is 12.2 Å². The van der Waals surface area contributed by atoms with Crippen LogP contribution in [0.15, 0.2) is 72.9 Å². The molecule has 0 aliphatic rings. The summed E-state index contributed by atoms with van der Waals surface area (Å²) in [4.78, 5) is 0. The van der Waals surface area contributed by atoms with Gasteiger partial charge in [-0.25, -0.2) is 0 Å². The molecule has 6 atom stereocenters. The first-order chi connectivity index (χ1) is 14.0. The maximum atomic E-state index is 6.11. The molecule has 0 N–H and O–H groups in total. The lowest BCUT2D eigenvalue weighted by atomic mass is 10.0. The van der Waals surface area contributed by atoms with Gasteiger partial charge in [-0.2, -0.15) is 0 Å². The molecule has 0 aliphatic heterocycles. The summed E-state index contributed by atoms with van der Waals surface area (Å²) < 4.78 is 11.4. The quantitative estimate of drug-likeness (QED) is 0.127. The third kappa shape index (κ3) is 18.6. The molecule has 0 fully saturated rings. The average molecular weight is 472 g/mol. The molecule has 0 rings (SSSR count). The van der Waals surface area contributed by atoms with Crippen LogP contribution in [0.3, 0.4) is 0 Å². The highest BCUT2D eigenvalue weighted by atomic mass is 32.4. The molecule has 2 nitrogen and oxygen atoms in total. The van der Waals surface area contributed by atoms with Gasteiger partial charge in [-0.05, 0) is 25.7 Å². The van der Waals surface area contributed by atoms with Gasteiger partial charge in [0.25, 0.3) is 0 Å². The second kappa shape index (κ2) is 21.3. The summed E-state index contributed by atoms with van der Waals surface area (Å²) in [5.41, 5.74) is 0. The molecule has 0 saturated carbocycles. The van der Waals surface area contributed by atoms with Crippen molar-refractivity contribution in [2.45, 2.75) is 65.1 Å². The normalized spacial score (nSPS) is 16.7. The Morgan fingerprint density at radius 2 is 1.48 bits per heavy atom. The Labute approximate surface area is 187 Å². The van der Waals surface area contributed by atoms with Gasteiger partial charge in [0.05, 0.1) is 19.7 Å². The van der Waals surface area contributed by atoms with Crippen LogP contribution in [0.25, 0.3) is 0 Å². The Balaban J connectivity index is 4.51. The van der Waals surface area contributed by atoms with E-state index in [0.717, 1.165) is 32.1 Å². The van der Waals surface area contributed by atoms with Crippen LogP contribution in [0.2, 0.25) is 0 Å². The van der Waals surface area contributed by atoms with Gasteiger partial charge in [0.15, 0.2) is 0 Å². The van der Waals surface area contributed by atoms with Crippen molar-refractivity contribution in [2.75, 3.05) is 0 Å². The number of allylic oxidation sites excluding steroid dienone is 9. The third-order valence-corrected chi connectivity index (χ3v) is 5.69. The van der Waals surface area contributed by atoms with E-state index in [9.17, 15) is 0 Å². The summed E-state index contributed by atoms with van der Waals surface area (Å²) in [6, 6.07) is 0. The van der Waals surface area contributed by atoms with Crippen LogP contribution in [0.1, 0.15) is 52.9 Å². The molecule has 0 saturated heterocycles. The Morgan fingerprint density at radius 1 is 0.862 bits per heavy atom. The van der Waals surface area contributed by atoms with E-state index in [4.69, 9.17) is 9.05 Å². The van der Waals surface area contributed by atoms with Crippen molar-refractivity contribution in [3.8, 4) is 0 Å². The predicted molar refractivity (Wildman–Crippen MR) is 144 cm³/mol. The molecule has 0 aromatic rings. The molecule has 0 aliphatic carbocycles. The van der Waals surface area contributed by atoms with Crippen LogP contribution in [0.5, 0.6) is 0 Å². The molecule has 0 bridgehead atoms. The fourth-order valence-electron chi connectivity index (χ4n) is 2.48. The molecule has 164 valence electrons.